The Morgan fingerprint density at radius 1 is 1.23 bits per heavy atom. The van der Waals surface area contributed by atoms with Gasteiger partial charge in [-0.1, -0.05) is 22.0 Å². The largest absolute Gasteiger partial charge is 0.379 e. The summed E-state index contributed by atoms with van der Waals surface area (Å²) in [7, 11) is 0. The molecule has 0 spiro atoms. The van der Waals surface area contributed by atoms with Crippen molar-refractivity contribution in [1.82, 2.24) is 5.32 Å². The first-order valence-electron chi connectivity index (χ1n) is 10.3. The maximum absolute atomic E-state index is 13.3. The van der Waals surface area contributed by atoms with Gasteiger partial charge in [0.1, 0.15) is 0 Å². The van der Waals surface area contributed by atoms with Gasteiger partial charge in [-0.2, -0.15) is 0 Å². The number of nitrogens with zero attached hydrogens (tertiary/aromatic N) is 1. The van der Waals surface area contributed by atoms with Crippen LogP contribution in [0.25, 0.3) is 0 Å². The number of nitrogens with one attached hydrogen (secondary N) is 2. The molecule has 1 atom stereocenters. The SMILES string of the molecule is Cc1ccc(N2C(=O)Nc3ccc(Br)cc3C2(O)C(=O)NCCCOC(C)C)cc1C. The predicted octanol–water partition coefficient (Wildman–Crippen LogP) is 4.19. The summed E-state index contributed by atoms with van der Waals surface area (Å²) in [4.78, 5) is 27.5. The van der Waals surface area contributed by atoms with Crippen molar-refractivity contribution in [2.45, 2.75) is 45.9 Å². The number of halogens is 1. The lowest BCUT2D eigenvalue weighted by Crippen LogP contribution is -2.62. The van der Waals surface area contributed by atoms with Crippen LogP contribution in [0.15, 0.2) is 40.9 Å². The molecule has 0 radical (unpaired) electrons. The number of carbonyl (C=O) groups excluding carboxylic acids is 2. The number of aliphatic hydroxyl groups is 1. The second kappa shape index (κ2) is 9.38. The fourth-order valence-corrected chi connectivity index (χ4v) is 3.82. The molecular formula is C23H28BrN3O4. The molecule has 2 aromatic rings. The Hall–Kier alpha value is -2.42. The van der Waals surface area contributed by atoms with Gasteiger partial charge in [0.05, 0.1) is 11.8 Å². The van der Waals surface area contributed by atoms with E-state index in [9.17, 15) is 14.7 Å². The highest BCUT2D eigenvalue weighted by molar-refractivity contribution is 9.10. The van der Waals surface area contributed by atoms with Crippen LogP contribution in [-0.4, -0.2) is 36.3 Å². The van der Waals surface area contributed by atoms with E-state index >= 15 is 0 Å². The molecule has 1 aliphatic heterocycles. The summed E-state index contributed by atoms with van der Waals surface area (Å²) < 4.78 is 6.18. The second-order valence-electron chi connectivity index (χ2n) is 7.93. The number of amides is 3. The lowest BCUT2D eigenvalue weighted by atomic mass is 9.94. The Kier molecular flexibility index (Phi) is 7.03. The predicted molar refractivity (Wildman–Crippen MR) is 124 cm³/mol. The van der Waals surface area contributed by atoms with Crippen molar-refractivity contribution in [2.75, 3.05) is 23.4 Å². The van der Waals surface area contributed by atoms with Crippen molar-refractivity contribution in [3.05, 3.63) is 57.6 Å². The summed E-state index contributed by atoms with van der Waals surface area (Å²) in [6.07, 6.45) is 0.688. The van der Waals surface area contributed by atoms with Crippen LogP contribution in [0.2, 0.25) is 0 Å². The molecule has 3 amide bonds. The summed E-state index contributed by atoms with van der Waals surface area (Å²) in [6, 6.07) is 9.82. The summed E-state index contributed by atoms with van der Waals surface area (Å²) >= 11 is 3.40. The van der Waals surface area contributed by atoms with E-state index in [1.807, 2.05) is 33.8 Å². The van der Waals surface area contributed by atoms with Crippen LogP contribution in [0.1, 0.15) is 37.0 Å². The van der Waals surface area contributed by atoms with Gasteiger partial charge in [-0.15, -0.1) is 0 Å². The Labute approximate surface area is 190 Å². The number of hydrogen-bond acceptors (Lipinski definition) is 4. The molecule has 1 heterocycles. The fourth-order valence-electron chi connectivity index (χ4n) is 3.46. The second-order valence-corrected chi connectivity index (χ2v) is 8.84. The standard InChI is InChI=1S/C23H28BrN3O4/c1-14(2)31-11-5-10-25-21(28)23(30)19-13-17(24)7-9-20(19)26-22(29)27(23)18-8-6-15(3)16(4)12-18/h6-9,12-14,30H,5,10-11H2,1-4H3,(H,25,28)(H,26,29). The van der Waals surface area contributed by atoms with Crippen molar-refractivity contribution in [2.24, 2.45) is 0 Å². The first-order chi connectivity index (χ1) is 14.6. The van der Waals surface area contributed by atoms with Crippen molar-refractivity contribution in [1.29, 1.82) is 0 Å². The van der Waals surface area contributed by atoms with E-state index in [1.165, 1.54) is 0 Å². The number of carbonyl (C=O) groups is 2. The number of aryl methyl sites for hydroxylation is 2. The number of fused-ring (bicyclic) bond motifs is 1. The third-order valence-electron chi connectivity index (χ3n) is 5.25. The van der Waals surface area contributed by atoms with Gasteiger partial charge in [-0.3, -0.25) is 9.69 Å². The Morgan fingerprint density at radius 3 is 2.65 bits per heavy atom. The molecule has 3 rings (SSSR count). The van der Waals surface area contributed by atoms with Crippen LogP contribution >= 0.6 is 15.9 Å². The van der Waals surface area contributed by atoms with Gasteiger partial charge >= 0.3 is 6.03 Å². The van der Waals surface area contributed by atoms with Gasteiger partial charge in [0.15, 0.2) is 0 Å². The quantitative estimate of drug-likeness (QED) is 0.508. The minimum absolute atomic E-state index is 0.103. The average Bonchev–Trinajstić information content (AvgIpc) is 2.70. The molecule has 2 aromatic carbocycles. The highest BCUT2D eigenvalue weighted by atomic mass is 79.9. The molecule has 3 N–H and O–H groups in total. The number of urea groups is 1. The molecule has 8 heteroatoms. The van der Waals surface area contributed by atoms with Gasteiger partial charge in [0, 0.05) is 28.9 Å². The van der Waals surface area contributed by atoms with E-state index in [0.29, 0.717) is 35.4 Å². The Morgan fingerprint density at radius 2 is 1.97 bits per heavy atom. The Bertz CT molecular complexity index is 995. The zero-order valence-corrected chi connectivity index (χ0v) is 19.7. The Balaban J connectivity index is 1.99. The molecule has 1 unspecified atom stereocenters. The van der Waals surface area contributed by atoms with E-state index in [2.05, 4.69) is 26.6 Å². The van der Waals surface area contributed by atoms with Gasteiger partial charge in [-0.25, -0.2) is 4.79 Å². The minimum Gasteiger partial charge on any atom is -0.379 e. The highest BCUT2D eigenvalue weighted by Gasteiger charge is 2.52. The van der Waals surface area contributed by atoms with Crippen molar-refractivity contribution >= 4 is 39.2 Å². The average molecular weight is 490 g/mol. The van der Waals surface area contributed by atoms with E-state index in [0.717, 1.165) is 16.0 Å². The minimum atomic E-state index is -2.22. The summed E-state index contributed by atoms with van der Waals surface area (Å²) in [5.41, 5.74) is 0.861. The molecule has 31 heavy (non-hydrogen) atoms. The zero-order valence-electron chi connectivity index (χ0n) is 18.2. The van der Waals surface area contributed by atoms with Crippen molar-refractivity contribution in [3.63, 3.8) is 0 Å². The lowest BCUT2D eigenvalue weighted by molar-refractivity contribution is -0.140. The molecular weight excluding hydrogens is 462 g/mol. The van der Waals surface area contributed by atoms with Crippen LogP contribution in [0, 0.1) is 13.8 Å². The van der Waals surface area contributed by atoms with Gasteiger partial charge < -0.3 is 20.5 Å². The molecule has 0 fully saturated rings. The molecule has 1 aliphatic rings. The van der Waals surface area contributed by atoms with E-state index in [-0.39, 0.29) is 11.7 Å². The monoisotopic (exact) mass is 489 g/mol. The first kappa shape index (κ1) is 23.2. The van der Waals surface area contributed by atoms with Crippen LogP contribution in [-0.2, 0) is 15.3 Å². The van der Waals surface area contributed by atoms with Crippen LogP contribution in [0.3, 0.4) is 0 Å². The van der Waals surface area contributed by atoms with Crippen molar-refractivity contribution < 1.29 is 19.4 Å². The summed E-state index contributed by atoms with van der Waals surface area (Å²) in [5, 5.41) is 17.3. The van der Waals surface area contributed by atoms with E-state index in [4.69, 9.17) is 4.74 Å². The first-order valence-corrected chi connectivity index (χ1v) is 11.0. The maximum Gasteiger partial charge on any atom is 0.329 e. The lowest BCUT2D eigenvalue weighted by Gasteiger charge is -2.43. The third-order valence-corrected chi connectivity index (χ3v) is 5.74. The molecule has 0 saturated carbocycles. The fraction of sp³-hybridized carbons (Fsp3) is 0.391. The number of anilines is 2. The molecule has 0 bridgehead atoms. The van der Waals surface area contributed by atoms with Crippen molar-refractivity contribution in [3.8, 4) is 0 Å². The summed E-state index contributed by atoms with van der Waals surface area (Å²) in [6.45, 7) is 8.55. The van der Waals surface area contributed by atoms with Gasteiger partial charge in [-0.05, 0) is 75.6 Å². The highest BCUT2D eigenvalue weighted by Crippen LogP contribution is 2.41. The zero-order chi connectivity index (χ0) is 22.8. The van der Waals surface area contributed by atoms with Gasteiger partial charge in [0.25, 0.3) is 11.6 Å². The van der Waals surface area contributed by atoms with Gasteiger partial charge in [0.2, 0.25) is 0 Å². The molecule has 166 valence electrons. The molecule has 7 nitrogen and oxygen atoms in total. The number of benzene rings is 2. The number of rotatable bonds is 7. The van der Waals surface area contributed by atoms with E-state index in [1.54, 1.807) is 30.3 Å². The smallest absolute Gasteiger partial charge is 0.329 e. The van der Waals surface area contributed by atoms with Crippen LogP contribution in [0.5, 0.6) is 0 Å². The summed E-state index contributed by atoms with van der Waals surface area (Å²) in [5.74, 6) is -0.676. The number of ether oxygens (including phenoxy) is 1. The van der Waals surface area contributed by atoms with Crippen LogP contribution in [0.4, 0.5) is 16.2 Å². The van der Waals surface area contributed by atoms with Crippen LogP contribution < -0.4 is 15.5 Å². The van der Waals surface area contributed by atoms with E-state index < -0.39 is 17.7 Å². The molecule has 0 aliphatic carbocycles. The maximum atomic E-state index is 13.3. The third kappa shape index (κ3) is 4.76. The normalized spacial score (nSPS) is 18.0. The topological polar surface area (TPSA) is 90.9 Å². The molecule has 0 aromatic heterocycles. The number of hydrogen-bond donors (Lipinski definition) is 3. The molecule has 0 saturated heterocycles.